The van der Waals surface area contributed by atoms with Crippen LogP contribution in [0.2, 0.25) is 5.02 Å². The van der Waals surface area contributed by atoms with Crippen LogP contribution in [0.15, 0.2) is 42.5 Å². The molecule has 2 aromatic carbocycles. The van der Waals surface area contributed by atoms with Crippen molar-refractivity contribution in [3.05, 3.63) is 58.6 Å². The molecule has 0 heterocycles. The van der Waals surface area contributed by atoms with Crippen LogP contribution in [0.5, 0.6) is 5.75 Å². The molecule has 5 nitrogen and oxygen atoms in total. The number of amides is 1. The minimum absolute atomic E-state index is 0.140. The monoisotopic (exact) mass is 415 g/mol. The van der Waals surface area contributed by atoms with Crippen LogP contribution in [-0.2, 0) is 20.5 Å². The van der Waals surface area contributed by atoms with E-state index in [1.54, 1.807) is 25.1 Å². The minimum Gasteiger partial charge on any atom is -0.482 e. The van der Waals surface area contributed by atoms with E-state index < -0.39 is 36.3 Å². The van der Waals surface area contributed by atoms with E-state index in [1.165, 1.54) is 13.0 Å². The first-order valence-corrected chi connectivity index (χ1v) is 8.50. The SMILES string of the molecule is Cc1ccc(Cl)cc1NC(=O)C(C)OC(=O)COc1cccc(C(F)(F)F)c1. The summed E-state index contributed by atoms with van der Waals surface area (Å²) in [5, 5.41) is 3.02. The predicted molar refractivity (Wildman–Crippen MR) is 97.3 cm³/mol. The van der Waals surface area contributed by atoms with Gasteiger partial charge in [-0.2, -0.15) is 13.2 Å². The van der Waals surface area contributed by atoms with E-state index in [1.807, 2.05) is 0 Å². The van der Waals surface area contributed by atoms with Crippen LogP contribution in [0.25, 0.3) is 0 Å². The Kier molecular flexibility index (Phi) is 6.90. The second kappa shape index (κ2) is 8.97. The Morgan fingerprint density at radius 2 is 1.89 bits per heavy atom. The largest absolute Gasteiger partial charge is 0.482 e. The van der Waals surface area contributed by atoms with Crippen LogP contribution >= 0.6 is 11.6 Å². The number of alkyl halides is 3. The van der Waals surface area contributed by atoms with E-state index in [9.17, 15) is 22.8 Å². The van der Waals surface area contributed by atoms with Crippen molar-refractivity contribution in [1.82, 2.24) is 0 Å². The highest BCUT2D eigenvalue weighted by Crippen LogP contribution is 2.31. The fourth-order valence-corrected chi connectivity index (χ4v) is 2.32. The first-order valence-electron chi connectivity index (χ1n) is 8.13. The van der Waals surface area contributed by atoms with Crippen LogP contribution in [0.3, 0.4) is 0 Å². The zero-order valence-electron chi connectivity index (χ0n) is 15.0. The van der Waals surface area contributed by atoms with Gasteiger partial charge in [0.2, 0.25) is 0 Å². The Balaban J connectivity index is 1.88. The number of carbonyl (C=O) groups excluding carboxylic acids is 2. The van der Waals surface area contributed by atoms with Gasteiger partial charge in [-0.25, -0.2) is 4.79 Å². The van der Waals surface area contributed by atoms with E-state index in [0.717, 1.165) is 23.8 Å². The molecule has 2 rings (SSSR count). The summed E-state index contributed by atoms with van der Waals surface area (Å²) in [5.41, 5.74) is 0.341. The van der Waals surface area contributed by atoms with Crippen LogP contribution in [-0.4, -0.2) is 24.6 Å². The van der Waals surface area contributed by atoms with Crippen molar-refractivity contribution >= 4 is 29.2 Å². The first-order chi connectivity index (χ1) is 13.1. The van der Waals surface area contributed by atoms with Crippen LogP contribution < -0.4 is 10.1 Å². The van der Waals surface area contributed by atoms with E-state index in [4.69, 9.17) is 21.1 Å². The van der Waals surface area contributed by atoms with Gasteiger partial charge < -0.3 is 14.8 Å². The van der Waals surface area contributed by atoms with Crippen molar-refractivity contribution < 1.29 is 32.2 Å². The molecule has 28 heavy (non-hydrogen) atoms. The number of ether oxygens (including phenoxy) is 2. The summed E-state index contributed by atoms with van der Waals surface area (Å²) in [4.78, 5) is 24.0. The Hall–Kier alpha value is -2.74. The number of aryl methyl sites for hydroxylation is 1. The van der Waals surface area contributed by atoms with Crippen LogP contribution in [0, 0.1) is 6.92 Å². The van der Waals surface area contributed by atoms with Gasteiger partial charge in [-0.3, -0.25) is 4.79 Å². The fraction of sp³-hybridized carbons (Fsp3) is 0.263. The second-order valence-corrected chi connectivity index (χ2v) is 6.33. The molecule has 0 aliphatic carbocycles. The molecule has 0 aromatic heterocycles. The molecule has 1 N–H and O–H groups in total. The maximum absolute atomic E-state index is 12.7. The molecule has 0 radical (unpaired) electrons. The standard InChI is InChI=1S/C19H17ClF3NO4/c1-11-6-7-14(20)9-16(11)24-18(26)12(2)28-17(25)10-27-15-5-3-4-13(8-15)19(21,22)23/h3-9,12H,10H2,1-2H3,(H,24,26). The van der Waals surface area contributed by atoms with Crippen molar-refractivity contribution in [3.63, 3.8) is 0 Å². The molecular weight excluding hydrogens is 399 g/mol. The molecule has 0 spiro atoms. The molecule has 0 aliphatic heterocycles. The van der Waals surface area contributed by atoms with Gasteiger partial charge in [0.15, 0.2) is 12.7 Å². The molecule has 1 atom stereocenters. The lowest BCUT2D eigenvalue weighted by atomic mass is 10.2. The van der Waals surface area contributed by atoms with Gasteiger partial charge in [-0.15, -0.1) is 0 Å². The predicted octanol–water partition coefficient (Wildman–Crippen LogP) is 4.62. The maximum atomic E-state index is 12.7. The summed E-state index contributed by atoms with van der Waals surface area (Å²) in [5.74, 6) is -1.63. The molecule has 0 fully saturated rings. The van der Waals surface area contributed by atoms with Crippen molar-refractivity contribution in [2.45, 2.75) is 26.1 Å². The summed E-state index contributed by atoms with van der Waals surface area (Å²) in [6.45, 7) is 2.48. The molecule has 1 unspecified atom stereocenters. The van der Waals surface area contributed by atoms with Gasteiger partial charge in [0.1, 0.15) is 5.75 Å². The quantitative estimate of drug-likeness (QED) is 0.699. The molecule has 0 saturated heterocycles. The highest BCUT2D eigenvalue weighted by molar-refractivity contribution is 6.31. The Morgan fingerprint density at radius 3 is 2.57 bits per heavy atom. The Morgan fingerprint density at radius 1 is 1.18 bits per heavy atom. The summed E-state index contributed by atoms with van der Waals surface area (Å²) in [6.07, 6.45) is -5.67. The highest BCUT2D eigenvalue weighted by atomic mass is 35.5. The summed E-state index contributed by atoms with van der Waals surface area (Å²) >= 11 is 5.88. The zero-order chi connectivity index (χ0) is 20.9. The van der Waals surface area contributed by atoms with Gasteiger partial charge in [-0.1, -0.05) is 23.7 Å². The molecule has 0 saturated carbocycles. The van der Waals surface area contributed by atoms with Gasteiger partial charge in [0, 0.05) is 10.7 Å². The minimum atomic E-state index is -4.52. The van der Waals surface area contributed by atoms with Crippen LogP contribution in [0.4, 0.5) is 18.9 Å². The molecule has 9 heteroatoms. The van der Waals surface area contributed by atoms with Gasteiger partial charge in [0.05, 0.1) is 5.56 Å². The molecule has 0 bridgehead atoms. The molecular formula is C19H17ClF3NO4. The summed E-state index contributed by atoms with van der Waals surface area (Å²) in [6, 6.07) is 9.03. The smallest absolute Gasteiger partial charge is 0.416 e. The highest BCUT2D eigenvalue weighted by Gasteiger charge is 2.30. The van der Waals surface area contributed by atoms with E-state index in [0.29, 0.717) is 10.7 Å². The number of hydrogen-bond donors (Lipinski definition) is 1. The first kappa shape index (κ1) is 21.6. The number of carbonyl (C=O) groups is 2. The number of halogens is 4. The van der Waals surface area contributed by atoms with Crippen LogP contribution in [0.1, 0.15) is 18.1 Å². The lowest BCUT2D eigenvalue weighted by molar-refractivity contribution is -0.155. The lowest BCUT2D eigenvalue weighted by Gasteiger charge is -2.15. The number of nitrogens with one attached hydrogen (secondary N) is 1. The second-order valence-electron chi connectivity index (χ2n) is 5.89. The number of rotatable bonds is 6. The summed E-state index contributed by atoms with van der Waals surface area (Å²) < 4.78 is 47.9. The molecule has 1 amide bonds. The maximum Gasteiger partial charge on any atom is 0.416 e. The topological polar surface area (TPSA) is 64.6 Å². The Bertz CT molecular complexity index is 870. The molecule has 0 aliphatic rings. The normalized spacial score (nSPS) is 12.2. The average Bonchev–Trinajstić information content (AvgIpc) is 2.62. The van der Waals surface area contributed by atoms with E-state index >= 15 is 0 Å². The van der Waals surface area contributed by atoms with Crippen molar-refractivity contribution in [3.8, 4) is 5.75 Å². The van der Waals surface area contributed by atoms with Gasteiger partial charge >= 0.3 is 12.1 Å². The van der Waals surface area contributed by atoms with Gasteiger partial charge in [0.25, 0.3) is 5.91 Å². The number of anilines is 1. The number of benzene rings is 2. The van der Waals surface area contributed by atoms with Crippen molar-refractivity contribution in [2.24, 2.45) is 0 Å². The number of hydrogen-bond acceptors (Lipinski definition) is 4. The van der Waals surface area contributed by atoms with Crippen molar-refractivity contribution in [2.75, 3.05) is 11.9 Å². The number of esters is 1. The van der Waals surface area contributed by atoms with Gasteiger partial charge in [-0.05, 0) is 49.7 Å². The van der Waals surface area contributed by atoms with E-state index in [2.05, 4.69) is 5.32 Å². The fourth-order valence-electron chi connectivity index (χ4n) is 2.15. The third kappa shape index (κ3) is 6.16. The average molecular weight is 416 g/mol. The third-order valence-electron chi connectivity index (χ3n) is 3.65. The molecule has 2 aromatic rings. The summed E-state index contributed by atoms with van der Waals surface area (Å²) in [7, 11) is 0. The van der Waals surface area contributed by atoms with E-state index in [-0.39, 0.29) is 5.75 Å². The third-order valence-corrected chi connectivity index (χ3v) is 3.89. The van der Waals surface area contributed by atoms with Crippen molar-refractivity contribution in [1.29, 1.82) is 0 Å². The lowest BCUT2D eigenvalue weighted by Crippen LogP contribution is -2.31. The Labute approximate surface area is 164 Å². The zero-order valence-corrected chi connectivity index (χ0v) is 15.7. The molecule has 150 valence electrons.